The summed E-state index contributed by atoms with van der Waals surface area (Å²) >= 11 is 0. The highest BCUT2D eigenvalue weighted by atomic mass is 15.2. The second-order valence-electron chi connectivity index (χ2n) is 5.18. The maximum atomic E-state index is 4.20. The fraction of sp³-hybridized carbons (Fsp3) is 0.786. The van der Waals surface area contributed by atoms with Crippen molar-refractivity contribution in [1.29, 1.82) is 0 Å². The van der Waals surface area contributed by atoms with Crippen molar-refractivity contribution in [2.45, 2.75) is 45.7 Å². The van der Waals surface area contributed by atoms with Crippen molar-refractivity contribution < 1.29 is 0 Å². The van der Waals surface area contributed by atoms with Gasteiger partial charge in [-0.3, -0.25) is 9.58 Å². The van der Waals surface area contributed by atoms with E-state index in [-0.39, 0.29) is 0 Å². The van der Waals surface area contributed by atoms with Crippen molar-refractivity contribution in [3.05, 3.63) is 18.0 Å². The Balaban J connectivity index is 2.18. The lowest BCUT2D eigenvalue weighted by molar-refractivity contribution is 0.234. The van der Waals surface area contributed by atoms with Crippen LogP contribution in [0.3, 0.4) is 0 Å². The first-order chi connectivity index (χ1) is 8.63. The van der Waals surface area contributed by atoms with Gasteiger partial charge in [-0.25, -0.2) is 0 Å². The molecule has 104 valence electrons. The second-order valence-corrected chi connectivity index (χ2v) is 5.18. The molecule has 4 heteroatoms. The van der Waals surface area contributed by atoms with Crippen LogP contribution in [-0.2, 0) is 13.6 Å². The van der Waals surface area contributed by atoms with Crippen molar-refractivity contribution in [2.75, 3.05) is 20.1 Å². The molecular weight excluding hydrogens is 224 g/mol. The third kappa shape index (κ3) is 5.65. The molecule has 1 N–H and O–H groups in total. The summed E-state index contributed by atoms with van der Waals surface area (Å²) in [5.74, 6) is 0. The van der Waals surface area contributed by atoms with Crippen molar-refractivity contribution >= 4 is 0 Å². The number of rotatable bonds is 9. The molecule has 1 heterocycles. The number of aromatic nitrogens is 2. The van der Waals surface area contributed by atoms with Gasteiger partial charge < -0.3 is 5.32 Å². The van der Waals surface area contributed by atoms with Gasteiger partial charge in [0, 0.05) is 31.4 Å². The van der Waals surface area contributed by atoms with E-state index in [2.05, 4.69) is 42.4 Å². The highest BCUT2D eigenvalue weighted by Crippen LogP contribution is 2.09. The summed E-state index contributed by atoms with van der Waals surface area (Å²) in [5, 5.41) is 7.66. The average molecular weight is 252 g/mol. The lowest BCUT2D eigenvalue weighted by Crippen LogP contribution is -2.29. The molecule has 0 aliphatic heterocycles. The fourth-order valence-electron chi connectivity index (χ4n) is 2.04. The van der Waals surface area contributed by atoms with Gasteiger partial charge >= 0.3 is 0 Å². The van der Waals surface area contributed by atoms with Crippen LogP contribution in [0.4, 0.5) is 0 Å². The van der Waals surface area contributed by atoms with Gasteiger partial charge in [0.25, 0.3) is 0 Å². The highest BCUT2D eigenvalue weighted by molar-refractivity contribution is 5.03. The van der Waals surface area contributed by atoms with Gasteiger partial charge in [0.2, 0.25) is 0 Å². The van der Waals surface area contributed by atoms with Crippen LogP contribution in [0.2, 0.25) is 0 Å². The predicted octanol–water partition coefficient (Wildman–Crippen LogP) is 2.02. The lowest BCUT2D eigenvalue weighted by atomic mass is 10.1. The summed E-state index contributed by atoms with van der Waals surface area (Å²) < 4.78 is 1.86. The monoisotopic (exact) mass is 252 g/mol. The van der Waals surface area contributed by atoms with Gasteiger partial charge in [0.15, 0.2) is 0 Å². The zero-order chi connectivity index (χ0) is 13.4. The molecule has 0 spiro atoms. The number of hydrogen-bond acceptors (Lipinski definition) is 3. The summed E-state index contributed by atoms with van der Waals surface area (Å²) in [6.45, 7) is 7.77. The maximum absolute atomic E-state index is 4.20. The molecule has 18 heavy (non-hydrogen) atoms. The third-order valence-corrected chi connectivity index (χ3v) is 3.35. The van der Waals surface area contributed by atoms with Gasteiger partial charge in [-0.2, -0.15) is 5.10 Å². The molecule has 0 radical (unpaired) electrons. The molecule has 0 aliphatic rings. The number of hydrogen-bond donors (Lipinski definition) is 1. The van der Waals surface area contributed by atoms with Crippen LogP contribution in [-0.4, -0.2) is 40.9 Å². The Morgan fingerprint density at radius 1 is 1.44 bits per heavy atom. The van der Waals surface area contributed by atoms with Crippen molar-refractivity contribution in [3.63, 3.8) is 0 Å². The number of aryl methyl sites for hydroxylation is 1. The van der Waals surface area contributed by atoms with Crippen LogP contribution in [0.15, 0.2) is 12.4 Å². The van der Waals surface area contributed by atoms with Crippen LogP contribution in [0.25, 0.3) is 0 Å². The Bertz CT molecular complexity index is 321. The van der Waals surface area contributed by atoms with E-state index >= 15 is 0 Å². The smallest absolute Gasteiger partial charge is 0.0534 e. The highest BCUT2D eigenvalue weighted by Gasteiger charge is 2.09. The quantitative estimate of drug-likeness (QED) is 0.683. The van der Waals surface area contributed by atoms with E-state index in [9.17, 15) is 0 Å². The van der Waals surface area contributed by atoms with E-state index in [1.165, 1.54) is 24.8 Å². The largest absolute Gasteiger partial charge is 0.317 e. The molecule has 0 aliphatic carbocycles. The van der Waals surface area contributed by atoms with Crippen LogP contribution in [0.5, 0.6) is 0 Å². The SMILES string of the molecule is CCCNCCCC(C)N(C)Cc1cnn(C)c1. The zero-order valence-electron chi connectivity index (χ0n) is 12.3. The molecular formula is C14H28N4. The molecule has 0 saturated heterocycles. The third-order valence-electron chi connectivity index (χ3n) is 3.35. The van der Waals surface area contributed by atoms with E-state index in [0.29, 0.717) is 6.04 Å². The Hall–Kier alpha value is -0.870. The summed E-state index contributed by atoms with van der Waals surface area (Å²) in [6.07, 6.45) is 7.75. The summed E-state index contributed by atoms with van der Waals surface area (Å²) in [6, 6.07) is 0.619. The van der Waals surface area contributed by atoms with Crippen molar-refractivity contribution in [2.24, 2.45) is 7.05 Å². The summed E-state index contributed by atoms with van der Waals surface area (Å²) in [7, 11) is 4.16. The average Bonchev–Trinajstić information content (AvgIpc) is 2.74. The van der Waals surface area contributed by atoms with Gasteiger partial charge in [0.1, 0.15) is 0 Å². The van der Waals surface area contributed by atoms with Crippen molar-refractivity contribution in [1.82, 2.24) is 20.0 Å². The van der Waals surface area contributed by atoms with E-state index in [1.807, 2.05) is 17.9 Å². The van der Waals surface area contributed by atoms with E-state index < -0.39 is 0 Å². The van der Waals surface area contributed by atoms with Gasteiger partial charge in [-0.15, -0.1) is 0 Å². The molecule has 4 nitrogen and oxygen atoms in total. The minimum atomic E-state index is 0.619. The summed E-state index contributed by atoms with van der Waals surface area (Å²) in [4.78, 5) is 2.40. The van der Waals surface area contributed by atoms with Crippen LogP contribution < -0.4 is 5.32 Å². The number of nitrogens with zero attached hydrogens (tertiary/aromatic N) is 3. The molecule has 0 saturated carbocycles. The standard InChI is InChI=1S/C14H28N4/c1-5-8-15-9-6-7-13(2)17(3)11-14-10-16-18(4)12-14/h10,12-13,15H,5-9,11H2,1-4H3. The minimum Gasteiger partial charge on any atom is -0.317 e. The molecule has 1 atom stereocenters. The van der Waals surface area contributed by atoms with E-state index in [0.717, 1.165) is 19.6 Å². The maximum Gasteiger partial charge on any atom is 0.0534 e. The molecule has 0 bridgehead atoms. The molecule has 1 aromatic rings. The molecule has 0 amide bonds. The normalized spacial score (nSPS) is 13.2. The molecule has 0 aromatic carbocycles. The van der Waals surface area contributed by atoms with Crippen LogP contribution >= 0.6 is 0 Å². The lowest BCUT2D eigenvalue weighted by Gasteiger charge is -2.24. The van der Waals surface area contributed by atoms with Gasteiger partial charge in [-0.1, -0.05) is 6.92 Å². The first-order valence-electron chi connectivity index (χ1n) is 7.02. The first kappa shape index (κ1) is 15.2. The van der Waals surface area contributed by atoms with Gasteiger partial charge in [-0.05, 0) is 46.3 Å². The van der Waals surface area contributed by atoms with Crippen LogP contribution in [0.1, 0.15) is 38.7 Å². The first-order valence-corrected chi connectivity index (χ1v) is 7.02. The molecule has 1 aromatic heterocycles. The Labute approximate surface area is 111 Å². The Morgan fingerprint density at radius 2 is 2.22 bits per heavy atom. The van der Waals surface area contributed by atoms with Crippen LogP contribution in [0, 0.1) is 0 Å². The molecule has 1 rings (SSSR count). The molecule has 0 fully saturated rings. The fourth-order valence-corrected chi connectivity index (χ4v) is 2.04. The Kier molecular flexibility index (Phi) is 6.98. The van der Waals surface area contributed by atoms with E-state index in [1.54, 1.807) is 0 Å². The minimum absolute atomic E-state index is 0.619. The summed E-state index contributed by atoms with van der Waals surface area (Å²) in [5.41, 5.74) is 1.29. The second kappa shape index (κ2) is 8.27. The number of nitrogens with one attached hydrogen (secondary N) is 1. The zero-order valence-corrected chi connectivity index (χ0v) is 12.3. The van der Waals surface area contributed by atoms with Crippen molar-refractivity contribution in [3.8, 4) is 0 Å². The molecule has 1 unspecified atom stereocenters. The predicted molar refractivity (Wildman–Crippen MR) is 76.5 cm³/mol. The van der Waals surface area contributed by atoms with E-state index in [4.69, 9.17) is 0 Å². The van der Waals surface area contributed by atoms with Gasteiger partial charge in [0.05, 0.1) is 6.20 Å². The Morgan fingerprint density at radius 3 is 2.83 bits per heavy atom. The topological polar surface area (TPSA) is 33.1 Å².